The fraction of sp³-hybridized carbons (Fsp3) is 0.231. The van der Waals surface area contributed by atoms with E-state index >= 15 is 0 Å². The first kappa shape index (κ1) is 12.5. The van der Waals surface area contributed by atoms with Crippen LogP contribution in [0, 0.1) is 0 Å². The highest BCUT2D eigenvalue weighted by atomic mass is 16.3. The van der Waals surface area contributed by atoms with Gasteiger partial charge in [-0.05, 0) is 25.1 Å². The zero-order valence-corrected chi connectivity index (χ0v) is 10.0. The van der Waals surface area contributed by atoms with Crippen molar-refractivity contribution >= 4 is 11.6 Å². The minimum absolute atomic E-state index is 0.189. The van der Waals surface area contributed by atoms with E-state index in [9.17, 15) is 5.11 Å². The molecule has 0 aliphatic heterocycles. The van der Waals surface area contributed by atoms with E-state index in [1.54, 1.807) is 13.0 Å². The summed E-state index contributed by atoms with van der Waals surface area (Å²) in [6, 6.07) is 11.1. The van der Waals surface area contributed by atoms with Crippen LogP contribution in [0.1, 0.15) is 24.4 Å². The Kier molecular flexibility index (Phi) is 3.86. The first-order valence-electron chi connectivity index (χ1n) is 5.68. The van der Waals surface area contributed by atoms with Crippen LogP contribution in [-0.4, -0.2) is 20.2 Å². The number of hydrogen-bond acceptors (Lipinski definition) is 5. The zero-order chi connectivity index (χ0) is 13.0. The Morgan fingerprint density at radius 2 is 1.94 bits per heavy atom. The smallest absolute Gasteiger partial charge is 0.227 e. The number of aliphatic hydroxyl groups is 2. The van der Waals surface area contributed by atoms with E-state index < -0.39 is 6.10 Å². The maximum atomic E-state index is 9.53. The summed E-state index contributed by atoms with van der Waals surface area (Å²) in [5.74, 6) is 0.364. The molecule has 0 amide bonds. The molecule has 0 spiro atoms. The van der Waals surface area contributed by atoms with E-state index in [0.717, 1.165) is 5.69 Å². The largest absolute Gasteiger partial charge is 0.390 e. The second-order valence-electron chi connectivity index (χ2n) is 3.93. The molecule has 0 radical (unpaired) electrons. The monoisotopic (exact) mass is 245 g/mol. The zero-order valence-electron chi connectivity index (χ0n) is 10.0. The van der Waals surface area contributed by atoms with Gasteiger partial charge < -0.3 is 15.5 Å². The highest BCUT2D eigenvalue weighted by Gasteiger charge is 2.08. The molecule has 1 aromatic heterocycles. The fourth-order valence-electron chi connectivity index (χ4n) is 1.52. The predicted octanol–water partition coefficient (Wildman–Crippen LogP) is 1.77. The van der Waals surface area contributed by atoms with Gasteiger partial charge in [-0.25, -0.2) is 9.97 Å². The summed E-state index contributed by atoms with van der Waals surface area (Å²) < 4.78 is 0. The molecule has 5 nitrogen and oxygen atoms in total. The van der Waals surface area contributed by atoms with Crippen LogP contribution in [0.15, 0.2) is 36.4 Å². The summed E-state index contributed by atoms with van der Waals surface area (Å²) in [6.07, 6.45) is -0.699. The number of para-hydroxylation sites is 1. The third-order valence-corrected chi connectivity index (χ3v) is 2.42. The van der Waals surface area contributed by atoms with E-state index in [1.165, 1.54) is 0 Å². The van der Waals surface area contributed by atoms with E-state index in [2.05, 4.69) is 15.3 Å². The molecule has 1 aromatic carbocycles. The van der Waals surface area contributed by atoms with Crippen LogP contribution in [-0.2, 0) is 6.61 Å². The van der Waals surface area contributed by atoms with Gasteiger partial charge >= 0.3 is 0 Å². The third-order valence-electron chi connectivity index (χ3n) is 2.42. The van der Waals surface area contributed by atoms with Gasteiger partial charge in [0.2, 0.25) is 5.95 Å². The first-order chi connectivity index (χ1) is 8.69. The van der Waals surface area contributed by atoms with Gasteiger partial charge in [-0.3, -0.25) is 0 Å². The number of anilines is 2. The minimum Gasteiger partial charge on any atom is -0.390 e. The number of aromatic nitrogens is 2. The average molecular weight is 245 g/mol. The lowest BCUT2D eigenvalue weighted by molar-refractivity contribution is 0.193. The predicted molar refractivity (Wildman–Crippen MR) is 68.3 cm³/mol. The summed E-state index contributed by atoms with van der Waals surface area (Å²) >= 11 is 0. The summed E-state index contributed by atoms with van der Waals surface area (Å²) in [6.45, 7) is 1.43. The Morgan fingerprint density at radius 3 is 2.56 bits per heavy atom. The van der Waals surface area contributed by atoms with Crippen LogP contribution in [0.2, 0.25) is 0 Å². The van der Waals surface area contributed by atoms with Crippen molar-refractivity contribution in [2.24, 2.45) is 0 Å². The Bertz CT molecular complexity index is 515. The Hall–Kier alpha value is -1.98. The molecule has 1 heterocycles. The van der Waals surface area contributed by atoms with Gasteiger partial charge in [-0.15, -0.1) is 0 Å². The van der Waals surface area contributed by atoms with E-state index in [0.29, 0.717) is 17.3 Å². The number of nitrogens with zero attached hydrogens (tertiary/aromatic N) is 2. The summed E-state index contributed by atoms with van der Waals surface area (Å²) in [4.78, 5) is 8.34. The maximum Gasteiger partial charge on any atom is 0.227 e. The van der Waals surface area contributed by atoms with Gasteiger partial charge in [0.25, 0.3) is 0 Å². The molecule has 0 saturated carbocycles. The van der Waals surface area contributed by atoms with E-state index in [1.807, 2.05) is 30.3 Å². The number of nitrogens with one attached hydrogen (secondary N) is 1. The van der Waals surface area contributed by atoms with Crippen molar-refractivity contribution < 1.29 is 10.2 Å². The van der Waals surface area contributed by atoms with Crippen molar-refractivity contribution in [1.82, 2.24) is 9.97 Å². The summed E-state index contributed by atoms with van der Waals surface area (Å²) in [5.41, 5.74) is 1.80. The lowest BCUT2D eigenvalue weighted by Gasteiger charge is -2.10. The van der Waals surface area contributed by atoms with Gasteiger partial charge in [-0.1, -0.05) is 18.2 Å². The Labute approximate surface area is 105 Å². The van der Waals surface area contributed by atoms with Gasteiger partial charge in [0.15, 0.2) is 0 Å². The van der Waals surface area contributed by atoms with Gasteiger partial charge in [0.05, 0.1) is 24.1 Å². The van der Waals surface area contributed by atoms with Gasteiger partial charge in [0, 0.05) is 5.69 Å². The number of benzene rings is 1. The molecule has 0 bridgehead atoms. The number of hydrogen-bond donors (Lipinski definition) is 3. The SMILES string of the molecule is CC(O)c1cc(CO)nc(Nc2ccccc2)n1. The second-order valence-corrected chi connectivity index (χ2v) is 3.93. The minimum atomic E-state index is -0.699. The topological polar surface area (TPSA) is 78.3 Å². The van der Waals surface area contributed by atoms with Crippen molar-refractivity contribution in [3.63, 3.8) is 0 Å². The standard InChI is InChI=1S/C13H15N3O2/c1-9(18)12-7-11(8-17)15-13(16-12)14-10-5-3-2-4-6-10/h2-7,9,17-18H,8H2,1H3,(H,14,15,16). The highest BCUT2D eigenvalue weighted by Crippen LogP contribution is 2.16. The summed E-state index contributed by atoms with van der Waals surface area (Å²) in [5, 5.41) is 21.7. The fourth-order valence-corrected chi connectivity index (χ4v) is 1.52. The molecule has 1 atom stereocenters. The molecule has 94 valence electrons. The van der Waals surface area contributed by atoms with E-state index in [4.69, 9.17) is 5.11 Å². The van der Waals surface area contributed by atoms with Crippen molar-refractivity contribution in [3.8, 4) is 0 Å². The molecule has 2 aromatic rings. The van der Waals surface area contributed by atoms with E-state index in [-0.39, 0.29) is 6.61 Å². The Balaban J connectivity index is 2.30. The number of aliphatic hydroxyl groups excluding tert-OH is 2. The molecule has 3 N–H and O–H groups in total. The molecular formula is C13H15N3O2. The lowest BCUT2D eigenvalue weighted by Crippen LogP contribution is -2.05. The molecule has 0 saturated heterocycles. The van der Waals surface area contributed by atoms with Gasteiger partial charge in [-0.2, -0.15) is 0 Å². The van der Waals surface area contributed by atoms with Crippen LogP contribution in [0.3, 0.4) is 0 Å². The van der Waals surface area contributed by atoms with Crippen LogP contribution in [0.4, 0.5) is 11.6 Å². The summed E-state index contributed by atoms with van der Waals surface area (Å²) in [7, 11) is 0. The van der Waals surface area contributed by atoms with Crippen LogP contribution in [0.25, 0.3) is 0 Å². The van der Waals surface area contributed by atoms with Gasteiger partial charge in [0.1, 0.15) is 0 Å². The highest BCUT2D eigenvalue weighted by molar-refractivity contribution is 5.52. The number of rotatable bonds is 4. The van der Waals surface area contributed by atoms with Crippen molar-refractivity contribution in [1.29, 1.82) is 0 Å². The Morgan fingerprint density at radius 1 is 1.22 bits per heavy atom. The second kappa shape index (κ2) is 5.57. The van der Waals surface area contributed by atoms with Crippen molar-refractivity contribution in [3.05, 3.63) is 47.8 Å². The van der Waals surface area contributed by atoms with Crippen LogP contribution >= 0.6 is 0 Å². The van der Waals surface area contributed by atoms with Crippen LogP contribution in [0.5, 0.6) is 0 Å². The van der Waals surface area contributed by atoms with Crippen molar-refractivity contribution in [2.75, 3.05) is 5.32 Å². The molecule has 0 aliphatic carbocycles. The normalized spacial score (nSPS) is 12.2. The first-order valence-corrected chi connectivity index (χ1v) is 5.68. The molecular weight excluding hydrogens is 230 g/mol. The lowest BCUT2D eigenvalue weighted by atomic mass is 10.2. The molecule has 0 aliphatic rings. The maximum absolute atomic E-state index is 9.53. The molecule has 0 fully saturated rings. The quantitative estimate of drug-likeness (QED) is 0.765. The molecule has 1 unspecified atom stereocenters. The van der Waals surface area contributed by atoms with Crippen LogP contribution < -0.4 is 5.32 Å². The van der Waals surface area contributed by atoms with Crippen molar-refractivity contribution in [2.45, 2.75) is 19.6 Å². The molecule has 5 heteroatoms. The molecule has 18 heavy (non-hydrogen) atoms. The average Bonchev–Trinajstić information content (AvgIpc) is 2.39. The third kappa shape index (κ3) is 3.03. The molecule has 2 rings (SSSR count).